The molecule has 0 unspecified atom stereocenters. The minimum atomic E-state index is -0.534. The van der Waals surface area contributed by atoms with Crippen LogP contribution in [0.5, 0.6) is 0 Å². The molecule has 0 radical (unpaired) electrons. The third-order valence-electron chi connectivity index (χ3n) is 4.83. The number of carbonyl (C=O) groups is 2. The Hall–Kier alpha value is -1.69. The number of amides is 2. The lowest BCUT2D eigenvalue weighted by atomic mass is 10.1. The van der Waals surface area contributed by atoms with Crippen LogP contribution in [0.4, 0.5) is 0 Å². The highest BCUT2D eigenvalue weighted by atomic mass is 35.5. The van der Waals surface area contributed by atoms with Gasteiger partial charge in [0.15, 0.2) is 0 Å². The van der Waals surface area contributed by atoms with Gasteiger partial charge in [0.1, 0.15) is 6.04 Å². The average molecular weight is 467 g/mol. The number of nitrogens with zero attached hydrogens (tertiary/aromatic N) is 1. The summed E-state index contributed by atoms with van der Waals surface area (Å²) in [6.45, 7) is 6.26. The monoisotopic (exact) mass is 466 g/mol. The fraction of sp³-hybridized carbons (Fsp3) is 0.391. The van der Waals surface area contributed by atoms with E-state index in [2.05, 4.69) is 5.32 Å². The zero-order valence-corrected chi connectivity index (χ0v) is 19.9. The highest BCUT2D eigenvalue weighted by Gasteiger charge is 2.29. The van der Waals surface area contributed by atoms with Crippen LogP contribution in [0.1, 0.15) is 39.2 Å². The molecule has 0 heterocycles. The van der Waals surface area contributed by atoms with E-state index >= 15 is 0 Å². The highest BCUT2D eigenvalue weighted by Crippen LogP contribution is 2.22. The van der Waals surface area contributed by atoms with Crippen LogP contribution < -0.4 is 5.32 Å². The van der Waals surface area contributed by atoms with Crippen molar-refractivity contribution in [2.45, 2.75) is 57.1 Å². The van der Waals surface area contributed by atoms with Gasteiger partial charge < -0.3 is 10.2 Å². The van der Waals surface area contributed by atoms with E-state index in [1.165, 1.54) is 11.8 Å². The number of benzene rings is 2. The van der Waals surface area contributed by atoms with Crippen molar-refractivity contribution in [2.75, 3.05) is 5.75 Å². The van der Waals surface area contributed by atoms with Crippen molar-refractivity contribution in [2.24, 2.45) is 0 Å². The van der Waals surface area contributed by atoms with Crippen LogP contribution in [0.2, 0.25) is 10.0 Å². The molecule has 2 amide bonds. The third kappa shape index (κ3) is 7.53. The average Bonchev–Trinajstić information content (AvgIpc) is 2.74. The smallest absolute Gasteiger partial charge is 0.243 e. The minimum absolute atomic E-state index is 0.0578. The van der Waals surface area contributed by atoms with Gasteiger partial charge in [-0.2, -0.15) is 0 Å². The molecule has 7 heteroatoms. The van der Waals surface area contributed by atoms with E-state index < -0.39 is 6.04 Å². The molecule has 162 valence electrons. The summed E-state index contributed by atoms with van der Waals surface area (Å²) in [7, 11) is 0. The Morgan fingerprint density at radius 3 is 2.07 bits per heavy atom. The van der Waals surface area contributed by atoms with Gasteiger partial charge in [-0.15, -0.1) is 11.8 Å². The zero-order valence-electron chi connectivity index (χ0n) is 17.5. The first kappa shape index (κ1) is 24.6. The van der Waals surface area contributed by atoms with Gasteiger partial charge in [0.25, 0.3) is 0 Å². The summed E-state index contributed by atoms with van der Waals surface area (Å²) in [5.74, 6) is 0.0317. The quantitative estimate of drug-likeness (QED) is 0.449. The van der Waals surface area contributed by atoms with E-state index in [-0.39, 0.29) is 23.6 Å². The van der Waals surface area contributed by atoms with Crippen molar-refractivity contribution in [3.63, 3.8) is 0 Å². The molecular weight excluding hydrogens is 439 g/mol. The fourth-order valence-electron chi connectivity index (χ4n) is 2.91. The molecular formula is C23H28Cl2N2O2S. The predicted molar refractivity (Wildman–Crippen MR) is 126 cm³/mol. The van der Waals surface area contributed by atoms with Crippen LogP contribution in [-0.2, 0) is 16.1 Å². The van der Waals surface area contributed by atoms with Crippen molar-refractivity contribution in [3.8, 4) is 0 Å². The van der Waals surface area contributed by atoms with Gasteiger partial charge in [-0.1, -0.05) is 49.2 Å². The molecule has 0 aliphatic heterocycles. The van der Waals surface area contributed by atoms with Gasteiger partial charge >= 0.3 is 0 Å². The molecule has 2 aromatic rings. The predicted octanol–water partition coefficient (Wildman–Crippen LogP) is 5.81. The van der Waals surface area contributed by atoms with E-state index in [1.807, 2.05) is 45.0 Å². The Morgan fingerprint density at radius 1 is 0.967 bits per heavy atom. The Morgan fingerprint density at radius 2 is 1.53 bits per heavy atom. The summed E-state index contributed by atoms with van der Waals surface area (Å²) in [4.78, 5) is 28.7. The zero-order chi connectivity index (χ0) is 22.1. The summed E-state index contributed by atoms with van der Waals surface area (Å²) in [6.07, 6.45) is 1.37. The second-order valence-corrected chi connectivity index (χ2v) is 9.05. The van der Waals surface area contributed by atoms with Gasteiger partial charge in [-0.3, -0.25) is 9.59 Å². The van der Waals surface area contributed by atoms with Gasteiger partial charge in [-0.05, 0) is 61.7 Å². The van der Waals surface area contributed by atoms with Crippen molar-refractivity contribution >= 4 is 46.8 Å². The van der Waals surface area contributed by atoms with Gasteiger partial charge in [0.2, 0.25) is 11.8 Å². The maximum Gasteiger partial charge on any atom is 0.243 e. The molecule has 2 atom stereocenters. The van der Waals surface area contributed by atoms with Crippen molar-refractivity contribution in [1.29, 1.82) is 0 Å². The van der Waals surface area contributed by atoms with Crippen LogP contribution in [0, 0.1) is 0 Å². The normalized spacial score (nSPS) is 12.8. The number of hydrogen-bond acceptors (Lipinski definition) is 3. The van der Waals surface area contributed by atoms with Gasteiger partial charge in [0, 0.05) is 27.5 Å². The Balaban J connectivity index is 2.19. The van der Waals surface area contributed by atoms with E-state index in [1.54, 1.807) is 29.2 Å². The van der Waals surface area contributed by atoms with Crippen LogP contribution in [0.15, 0.2) is 53.4 Å². The van der Waals surface area contributed by atoms with Crippen LogP contribution in [-0.4, -0.2) is 34.6 Å². The molecule has 2 rings (SSSR count). The third-order valence-corrected chi connectivity index (χ3v) is 6.33. The summed E-state index contributed by atoms with van der Waals surface area (Å²) in [6, 6.07) is 14.2. The van der Waals surface area contributed by atoms with Gasteiger partial charge in [-0.25, -0.2) is 0 Å². The number of rotatable bonds is 10. The highest BCUT2D eigenvalue weighted by molar-refractivity contribution is 8.00. The SMILES string of the molecule is CC[C@H](C)NC(=O)[C@H](CC)N(Cc1ccc(Cl)cc1)C(=O)CSc1ccc(Cl)cc1. The first-order chi connectivity index (χ1) is 14.3. The standard InChI is InChI=1S/C23H28Cl2N2O2S/c1-4-16(3)26-23(29)21(5-2)27(14-17-6-8-18(24)9-7-17)22(28)15-30-20-12-10-19(25)11-13-20/h6-13,16,21H,4-5,14-15H2,1-3H3,(H,26,29)/t16-,21-/m0/s1. The molecule has 30 heavy (non-hydrogen) atoms. The second kappa shape index (κ2) is 12.2. The maximum atomic E-state index is 13.2. The van der Waals surface area contributed by atoms with Crippen molar-refractivity contribution in [3.05, 3.63) is 64.1 Å². The maximum absolute atomic E-state index is 13.2. The molecule has 0 saturated heterocycles. The lowest BCUT2D eigenvalue weighted by Gasteiger charge is -2.31. The number of carbonyl (C=O) groups excluding carboxylic acids is 2. The molecule has 0 aromatic heterocycles. The largest absolute Gasteiger partial charge is 0.352 e. The first-order valence-corrected chi connectivity index (χ1v) is 11.8. The van der Waals surface area contributed by atoms with Crippen LogP contribution >= 0.6 is 35.0 Å². The first-order valence-electron chi connectivity index (χ1n) is 10.1. The Bertz CT molecular complexity index is 828. The minimum Gasteiger partial charge on any atom is -0.352 e. The fourth-order valence-corrected chi connectivity index (χ4v) is 3.94. The summed E-state index contributed by atoms with van der Waals surface area (Å²) in [5.41, 5.74) is 0.930. The molecule has 4 nitrogen and oxygen atoms in total. The Labute approximate surface area is 193 Å². The van der Waals surface area contributed by atoms with Gasteiger partial charge in [0.05, 0.1) is 5.75 Å². The molecule has 1 N–H and O–H groups in total. The molecule has 0 bridgehead atoms. The van der Waals surface area contributed by atoms with Crippen LogP contribution in [0.3, 0.4) is 0 Å². The Kier molecular flexibility index (Phi) is 10.0. The number of hydrogen-bond donors (Lipinski definition) is 1. The summed E-state index contributed by atoms with van der Waals surface area (Å²) >= 11 is 13.4. The lowest BCUT2D eigenvalue weighted by molar-refractivity contribution is -0.139. The number of nitrogens with one attached hydrogen (secondary N) is 1. The van der Waals surface area contributed by atoms with E-state index in [0.29, 0.717) is 23.0 Å². The topological polar surface area (TPSA) is 49.4 Å². The molecule has 0 aliphatic carbocycles. The lowest BCUT2D eigenvalue weighted by Crippen LogP contribution is -2.51. The second-order valence-electron chi connectivity index (χ2n) is 7.13. The van der Waals surface area contributed by atoms with Crippen LogP contribution in [0.25, 0.3) is 0 Å². The number of thioether (sulfide) groups is 1. The molecule has 2 aromatic carbocycles. The number of halogens is 2. The van der Waals surface area contributed by atoms with E-state index in [0.717, 1.165) is 16.9 Å². The molecule has 0 spiro atoms. The summed E-state index contributed by atoms with van der Waals surface area (Å²) in [5, 5.41) is 4.31. The molecule has 0 fully saturated rings. The van der Waals surface area contributed by atoms with Crippen molar-refractivity contribution < 1.29 is 9.59 Å². The van der Waals surface area contributed by atoms with E-state index in [4.69, 9.17) is 23.2 Å². The van der Waals surface area contributed by atoms with Crippen molar-refractivity contribution in [1.82, 2.24) is 10.2 Å². The molecule has 0 aliphatic rings. The van der Waals surface area contributed by atoms with E-state index in [9.17, 15) is 9.59 Å². The summed E-state index contributed by atoms with van der Waals surface area (Å²) < 4.78 is 0. The molecule has 0 saturated carbocycles.